The van der Waals surface area contributed by atoms with Crippen LogP contribution < -0.4 is 0 Å². The molecule has 0 saturated heterocycles. The average Bonchev–Trinajstić information content (AvgIpc) is 2.62. The van der Waals surface area contributed by atoms with E-state index in [0.717, 1.165) is 6.42 Å². The molecule has 0 amide bonds. The third-order valence-corrected chi connectivity index (χ3v) is 4.77. The molecule has 174 valence electrons. The fraction of sp³-hybridized carbons (Fsp3) is 0.857. The van der Waals surface area contributed by atoms with Gasteiger partial charge in [0, 0.05) is 34.0 Å². The van der Waals surface area contributed by atoms with E-state index in [0.29, 0.717) is 6.61 Å². The summed E-state index contributed by atoms with van der Waals surface area (Å²) in [6, 6.07) is 0. The maximum Gasteiger partial charge on any atom is 0.303 e. The van der Waals surface area contributed by atoms with Crippen LogP contribution in [0.4, 0.5) is 0 Å². The highest BCUT2D eigenvalue weighted by Crippen LogP contribution is 2.33. The Bertz CT molecular complexity index is 577. The minimum Gasteiger partial charge on any atom is -0.457 e. The fourth-order valence-electron chi connectivity index (χ4n) is 3.20. The van der Waals surface area contributed by atoms with E-state index in [-0.39, 0.29) is 18.4 Å². The van der Waals surface area contributed by atoms with Crippen molar-refractivity contribution in [3.05, 3.63) is 0 Å². The van der Waals surface area contributed by atoms with Gasteiger partial charge in [0.05, 0.1) is 0 Å². The van der Waals surface area contributed by atoms with E-state index in [2.05, 4.69) is 0 Å². The number of carbonyl (C=O) groups is 3. The molecule has 0 bridgehead atoms. The summed E-state index contributed by atoms with van der Waals surface area (Å²) in [5, 5.41) is 11.0. The molecule has 9 heteroatoms. The molecule has 0 heterocycles. The number of aliphatic hydroxyl groups is 1. The third-order valence-electron chi connectivity index (χ3n) is 4.77. The first kappa shape index (κ1) is 26.3. The van der Waals surface area contributed by atoms with Crippen LogP contribution >= 0.6 is 0 Å². The molecule has 1 aliphatic carbocycles. The Morgan fingerprint density at radius 1 is 0.733 bits per heavy atom. The highest BCUT2D eigenvalue weighted by Gasteiger charge is 2.56. The number of carbonyl (C=O) groups excluding carboxylic acids is 3. The minimum absolute atomic E-state index is 0.128. The van der Waals surface area contributed by atoms with Crippen LogP contribution in [-0.2, 0) is 38.1 Å². The van der Waals surface area contributed by atoms with Gasteiger partial charge >= 0.3 is 17.9 Å². The van der Waals surface area contributed by atoms with E-state index in [1.807, 2.05) is 27.7 Å². The second-order valence-corrected chi connectivity index (χ2v) is 8.22. The van der Waals surface area contributed by atoms with Crippen LogP contribution in [0.3, 0.4) is 0 Å². The van der Waals surface area contributed by atoms with Gasteiger partial charge in [-0.25, -0.2) is 0 Å². The zero-order valence-electron chi connectivity index (χ0n) is 19.0. The molecule has 30 heavy (non-hydrogen) atoms. The van der Waals surface area contributed by atoms with Crippen molar-refractivity contribution in [3.63, 3.8) is 0 Å². The van der Waals surface area contributed by atoms with Crippen LogP contribution in [0, 0.1) is 11.8 Å². The number of rotatable bonds is 10. The van der Waals surface area contributed by atoms with Gasteiger partial charge in [-0.2, -0.15) is 0 Å². The lowest BCUT2D eigenvalue weighted by Gasteiger charge is -2.47. The van der Waals surface area contributed by atoms with Crippen molar-refractivity contribution in [2.24, 2.45) is 11.8 Å². The van der Waals surface area contributed by atoms with Crippen molar-refractivity contribution in [3.8, 4) is 0 Å². The van der Waals surface area contributed by atoms with Gasteiger partial charge < -0.3 is 28.8 Å². The van der Waals surface area contributed by atoms with Gasteiger partial charge in [0.2, 0.25) is 0 Å². The lowest BCUT2D eigenvalue weighted by atomic mass is 9.83. The van der Waals surface area contributed by atoms with E-state index < -0.39 is 54.5 Å². The summed E-state index contributed by atoms with van der Waals surface area (Å²) in [4.78, 5) is 35.3. The van der Waals surface area contributed by atoms with Crippen molar-refractivity contribution in [1.29, 1.82) is 0 Å². The van der Waals surface area contributed by atoms with Crippen molar-refractivity contribution < 1.29 is 43.2 Å². The zero-order chi connectivity index (χ0) is 23.0. The van der Waals surface area contributed by atoms with Gasteiger partial charge in [-0.3, -0.25) is 14.4 Å². The largest absolute Gasteiger partial charge is 0.457 e. The Balaban J connectivity index is 3.37. The maximum absolute atomic E-state index is 11.9. The molecule has 0 aromatic carbocycles. The van der Waals surface area contributed by atoms with Crippen molar-refractivity contribution >= 4 is 17.9 Å². The van der Waals surface area contributed by atoms with E-state index in [1.165, 1.54) is 20.8 Å². The van der Waals surface area contributed by atoms with Crippen molar-refractivity contribution in [2.75, 3.05) is 13.2 Å². The summed E-state index contributed by atoms with van der Waals surface area (Å²) in [5.41, 5.74) is 0. The van der Waals surface area contributed by atoms with Crippen LogP contribution in [-0.4, -0.2) is 72.9 Å². The highest BCUT2D eigenvalue weighted by molar-refractivity contribution is 5.68. The van der Waals surface area contributed by atoms with Gasteiger partial charge in [-0.05, 0) is 11.8 Å². The highest BCUT2D eigenvalue weighted by atomic mass is 16.6. The SMILES string of the molecule is CCC(C)COC1C(OC(C)=O)C(O)C(OC(C)=O)C(OCC(C)C)C1OC(C)=O. The molecule has 1 aliphatic rings. The van der Waals surface area contributed by atoms with Crippen LogP contribution in [0.5, 0.6) is 0 Å². The zero-order valence-corrected chi connectivity index (χ0v) is 19.0. The predicted octanol–water partition coefficient (Wildman–Crippen LogP) is 1.63. The standard InChI is InChI=1S/C21H36O9/c1-8-12(4)10-27-20-18(29-14(6)23)16(25)17(28-13(5)22)19(26-9-11(2)3)21(20)30-15(7)24/h11-12,16-21,25H,8-10H2,1-7H3. The summed E-state index contributed by atoms with van der Waals surface area (Å²) < 4.78 is 28.1. The summed E-state index contributed by atoms with van der Waals surface area (Å²) >= 11 is 0. The molecule has 1 saturated carbocycles. The second kappa shape index (κ2) is 12.2. The van der Waals surface area contributed by atoms with Crippen LogP contribution in [0.1, 0.15) is 54.9 Å². The van der Waals surface area contributed by atoms with Crippen molar-refractivity contribution in [1.82, 2.24) is 0 Å². The maximum atomic E-state index is 11.9. The molecule has 1 fully saturated rings. The van der Waals surface area contributed by atoms with E-state index in [1.54, 1.807) is 0 Å². The Kier molecular flexibility index (Phi) is 10.7. The van der Waals surface area contributed by atoms with Crippen molar-refractivity contribution in [2.45, 2.75) is 91.5 Å². The molecule has 0 aromatic heterocycles. The summed E-state index contributed by atoms with van der Waals surface area (Å²) in [6.45, 7) is 12.0. The van der Waals surface area contributed by atoms with E-state index in [4.69, 9.17) is 23.7 Å². The molecule has 7 unspecified atom stereocenters. The van der Waals surface area contributed by atoms with Crippen LogP contribution in [0.2, 0.25) is 0 Å². The first-order valence-corrected chi connectivity index (χ1v) is 10.4. The predicted molar refractivity (Wildman–Crippen MR) is 106 cm³/mol. The smallest absolute Gasteiger partial charge is 0.303 e. The quantitative estimate of drug-likeness (QED) is 0.406. The Labute approximate surface area is 178 Å². The molecule has 0 aromatic rings. The number of hydrogen-bond acceptors (Lipinski definition) is 9. The molecule has 1 rings (SSSR count). The number of ether oxygens (including phenoxy) is 5. The number of aliphatic hydroxyl groups excluding tert-OH is 1. The molecular formula is C21H36O9. The molecule has 1 N–H and O–H groups in total. The second-order valence-electron chi connectivity index (χ2n) is 8.22. The molecule has 7 atom stereocenters. The molecule has 0 spiro atoms. The Hall–Kier alpha value is -1.71. The van der Waals surface area contributed by atoms with E-state index in [9.17, 15) is 19.5 Å². The van der Waals surface area contributed by atoms with Gasteiger partial charge in [-0.15, -0.1) is 0 Å². The Morgan fingerprint density at radius 2 is 1.13 bits per heavy atom. The van der Waals surface area contributed by atoms with Gasteiger partial charge in [0.15, 0.2) is 18.3 Å². The fourth-order valence-corrected chi connectivity index (χ4v) is 3.20. The first-order chi connectivity index (χ1) is 14.0. The number of esters is 3. The lowest BCUT2D eigenvalue weighted by molar-refractivity contribution is -0.263. The topological polar surface area (TPSA) is 118 Å². The van der Waals surface area contributed by atoms with Crippen LogP contribution in [0.15, 0.2) is 0 Å². The first-order valence-electron chi connectivity index (χ1n) is 10.4. The summed E-state index contributed by atoms with van der Waals surface area (Å²) in [6.07, 6.45) is -6.05. The van der Waals surface area contributed by atoms with Gasteiger partial charge in [0.25, 0.3) is 0 Å². The van der Waals surface area contributed by atoms with Gasteiger partial charge in [0.1, 0.15) is 18.3 Å². The van der Waals surface area contributed by atoms with E-state index >= 15 is 0 Å². The number of hydrogen-bond donors (Lipinski definition) is 1. The average molecular weight is 433 g/mol. The molecule has 0 radical (unpaired) electrons. The summed E-state index contributed by atoms with van der Waals surface area (Å²) in [5.74, 6) is -1.60. The van der Waals surface area contributed by atoms with Crippen LogP contribution in [0.25, 0.3) is 0 Å². The summed E-state index contributed by atoms with van der Waals surface area (Å²) in [7, 11) is 0. The third kappa shape index (κ3) is 7.85. The normalized spacial score (nSPS) is 29.9. The Morgan fingerprint density at radius 3 is 1.50 bits per heavy atom. The minimum atomic E-state index is -1.43. The lowest BCUT2D eigenvalue weighted by Crippen LogP contribution is -2.67. The molecule has 0 aliphatic heterocycles. The monoisotopic (exact) mass is 432 g/mol. The molecular weight excluding hydrogens is 396 g/mol. The molecule has 9 nitrogen and oxygen atoms in total. The van der Waals surface area contributed by atoms with Gasteiger partial charge in [-0.1, -0.05) is 34.1 Å².